The zero-order valence-corrected chi connectivity index (χ0v) is 11.3. The van der Waals surface area contributed by atoms with Crippen molar-refractivity contribution < 1.29 is 5.11 Å². The predicted octanol–water partition coefficient (Wildman–Crippen LogP) is 2.34. The molecule has 0 radical (unpaired) electrons. The second-order valence-electron chi connectivity index (χ2n) is 4.62. The largest absolute Gasteiger partial charge is 0.390 e. The molecule has 0 bridgehead atoms. The Hall–Kier alpha value is -1.20. The zero-order chi connectivity index (χ0) is 12.5. The van der Waals surface area contributed by atoms with Gasteiger partial charge in [-0.3, -0.25) is 0 Å². The SMILES string of the molecule is CC(C)(O)Cc1cn(-c2cccc(Br)c2)nn1. The molecule has 90 valence electrons. The minimum absolute atomic E-state index is 0.487. The lowest BCUT2D eigenvalue weighted by molar-refractivity contribution is 0.0799. The van der Waals surface area contributed by atoms with Gasteiger partial charge in [0.05, 0.1) is 23.2 Å². The van der Waals surface area contributed by atoms with E-state index in [2.05, 4.69) is 26.2 Å². The third-order valence-corrected chi connectivity index (χ3v) is 2.72. The molecule has 0 aliphatic carbocycles. The maximum absolute atomic E-state index is 9.71. The third-order valence-electron chi connectivity index (χ3n) is 2.23. The standard InChI is InChI=1S/C12H14BrN3O/c1-12(2,17)7-10-8-16(15-14-10)11-5-3-4-9(13)6-11/h3-6,8,17H,7H2,1-2H3. The van der Waals surface area contributed by atoms with Crippen molar-refractivity contribution in [3.8, 4) is 5.69 Å². The van der Waals surface area contributed by atoms with E-state index in [9.17, 15) is 5.11 Å². The van der Waals surface area contributed by atoms with E-state index in [1.54, 1.807) is 18.5 Å². The van der Waals surface area contributed by atoms with E-state index in [1.807, 2.05) is 30.5 Å². The highest BCUT2D eigenvalue weighted by Crippen LogP contribution is 2.16. The van der Waals surface area contributed by atoms with Crippen LogP contribution in [0.25, 0.3) is 5.69 Å². The van der Waals surface area contributed by atoms with Crippen LogP contribution < -0.4 is 0 Å². The lowest BCUT2D eigenvalue weighted by Gasteiger charge is -2.13. The first-order valence-corrected chi connectivity index (χ1v) is 6.13. The van der Waals surface area contributed by atoms with Crippen LogP contribution in [0.4, 0.5) is 0 Å². The summed E-state index contributed by atoms with van der Waals surface area (Å²) in [6, 6.07) is 7.81. The van der Waals surface area contributed by atoms with Crippen LogP contribution in [0.2, 0.25) is 0 Å². The van der Waals surface area contributed by atoms with Gasteiger partial charge < -0.3 is 5.11 Å². The van der Waals surface area contributed by atoms with Gasteiger partial charge in [-0.05, 0) is 32.0 Å². The molecule has 5 heteroatoms. The van der Waals surface area contributed by atoms with Crippen LogP contribution in [-0.2, 0) is 6.42 Å². The second kappa shape index (κ2) is 4.58. The molecule has 1 aromatic heterocycles. The van der Waals surface area contributed by atoms with Crippen LogP contribution in [-0.4, -0.2) is 25.7 Å². The number of aliphatic hydroxyl groups is 1. The van der Waals surface area contributed by atoms with Crippen molar-refractivity contribution >= 4 is 15.9 Å². The van der Waals surface area contributed by atoms with Crippen molar-refractivity contribution in [3.05, 3.63) is 40.6 Å². The summed E-state index contributed by atoms with van der Waals surface area (Å²) in [5.74, 6) is 0. The molecule has 1 aromatic carbocycles. The molecule has 17 heavy (non-hydrogen) atoms. The molecule has 2 aromatic rings. The van der Waals surface area contributed by atoms with E-state index < -0.39 is 5.60 Å². The van der Waals surface area contributed by atoms with E-state index in [0.29, 0.717) is 6.42 Å². The average molecular weight is 296 g/mol. The van der Waals surface area contributed by atoms with E-state index in [1.165, 1.54) is 0 Å². The van der Waals surface area contributed by atoms with Crippen LogP contribution in [0, 0.1) is 0 Å². The van der Waals surface area contributed by atoms with Gasteiger partial charge in [0, 0.05) is 10.9 Å². The van der Waals surface area contributed by atoms with Gasteiger partial charge in [0.1, 0.15) is 0 Å². The number of aromatic nitrogens is 3. The fourth-order valence-electron chi connectivity index (χ4n) is 1.57. The van der Waals surface area contributed by atoms with Crippen LogP contribution in [0.15, 0.2) is 34.9 Å². The van der Waals surface area contributed by atoms with Gasteiger partial charge in [-0.2, -0.15) is 0 Å². The molecule has 4 nitrogen and oxygen atoms in total. The fraction of sp³-hybridized carbons (Fsp3) is 0.333. The number of hydrogen-bond donors (Lipinski definition) is 1. The first-order valence-electron chi connectivity index (χ1n) is 5.34. The summed E-state index contributed by atoms with van der Waals surface area (Å²) in [7, 11) is 0. The summed E-state index contributed by atoms with van der Waals surface area (Å²) >= 11 is 3.41. The van der Waals surface area contributed by atoms with Crippen molar-refractivity contribution in [1.29, 1.82) is 0 Å². The normalized spacial score (nSPS) is 11.8. The van der Waals surface area contributed by atoms with Gasteiger partial charge in [0.15, 0.2) is 0 Å². The fourth-order valence-corrected chi connectivity index (χ4v) is 1.95. The lowest BCUT2D eigenvalue weighted by Crippen LogP contribution is -2.22. The van der Waals surface area contributed by atoms with Crippen molar-refractivity contribution in [1.82, 2.24) is 15.0 Å². The quantitative estimate of drug-likeness (QED) is 0.946. The number of benzene rings is 1. The van der Waals surface area contributed by atoms with E-state index in [0.717, 1.165) is 15.9 Å². The molecule has 1 heterocycles. The van der Waals surface area contributed by atoms with Crippen molar-refractivity contribution in [3.63, 3.8) is 0 Å². The molecule has 0 saturated carbocycles. The molecule has 0 saturated heterocycles. The van der Waals surface area contributed by atoms with E-state index in [-0.39, 0.29) is 0 Å². The third kappa shape index (κ3) is 3.38. The van der Waals surface area contributed by atoms with Crippen LogP contribution in [0.5, 0.6) is 0 Å². The second-order valence-corrected chi connectivity index (χ2v) is 5.54. The summed E-state index contributed by atoms with van der Waals surface area (Å²) in [4.78, 5) is 0. The molecule has 2 rings (SSSR count). The van der Waals surface area contributed by atoms with Crippen molar-refractivity contribution in [2.75, 3.05) is 0 Å². The van der Waals surface area contributed by atoms with Gasteiger partial charge >= 0.3 is 0 Å². The van der Waals surface area contributed by atoms with Crippen LogP contribution >= 0.6 is 15.9 Å². The summed E-state index contributed by atoms with van der Waals surface area (Å²) in [5, 5.41) is 17.8. The van der Waals surface area contributed by atoms with E-state index in [4.69, 9.17) is 0 Å². The van der Waals surface area contributed by atoms with Gasteiger partial charge in [-0.25, -0.2) is 4.68 Å². The van der Waals surface area contributed by atoms with Gasteiger partial charge in [-0.15, -0.1) is 5.10 Å². The molecule has 0 fully saturated rings. The maximum atomic E-state index is 9.71. The zero-order valence-electron chi connectivity index (χ0n) is 9.76. The van der Waals surface area contributed by atoms with Crippen LogP contribution in [0.1, 0.15) is 19.5 Å². The van der Waals surface area contributed by atoms with Crippen molar-refractivity contribution in [2.45, 2.75) is 25.9 Å². The topological polar surface area (TPSA) is 50.9 Å². The number of nitrogens with zero attached hydrogens (tertiary/aromatic N) is 3. The van der Waals surface area contributed by atoms with E-state index >= 15 is 0 Å². The lowest BCUT2D eigenvalue weighted by atomic mass is 10.0. The first-order chi connectivity index (χ1) is 7.94. The molecule has 0 unspecified atom stereocenters. The Balaban J connectivity index is 2.24. The average Bonchev–Trinajstić information content (AvgIpc) is 2.63. The molecular formula is C12H14BrN3O. The maximum Gasteiger partial charge on any atom is 0.0860 e. The minimum atomic E-state index is -0.766. The summed E-state index contributed by atoms with van der Waals surface area (Å²) in [6.45, 7) is 3.51. The molecule has 0 spiro atoms. The Labute approximate surface area is 108 Å². The molecular weight excluding hydrogens is 282 g/mol. The Morgan fingerprint density at radius 3 is 2.82 bits per heavy atom. The first kappa shape index (κ1) is 12.3. The summed E-state index contributed by atoms with van der Waals surface area (Å²) in [6.07, 6.45) is 2.32. The van der Waals surface area contributed by atoms with Crippen molar-refractivity contribution in [2.24, 2.45) is 0 Å². The number of hydrogen-bond acceptors (Lipinski definition) is 3. The van der Waals surface area contributed by atoms with Gasteiger partial charge in [0.2, 0.25) is 0 Å². The highest BCUT2D eigenvalue weighted by Gasteiger charge is 2.16. The highest BCUT2D eigenvalue weighted by atomic mass is 79.9. The Morgan fingerprint density at radius 2 is 2.18 bits per heavy atom. The smallest absolute Gasteiger partial charge is 0.0860 e. The molecule has 0 aliphatic heterocycles. The minimum Gasteiger partial charge on any atom is -0.390 e. The molecule has 0 aliphatic rings. The summed E-state index contributed by atoms with van der Waals surface area (Å²) < 4.78 is 2.70. The predicted molar refractivity (Wildman–Crippen MR) is 69.1 cm³/mol. The Bertz CT molecular complexity index is 516. The highest BCUT2D eigenvalue weighted by molar-refractivity contribution is 9.10. The molecule has 0 amide bonds. The summed E-state index contributed by atoms with van der Waals surface area (Å²) in [5.41, 5.74) is 0.948. The number of rotatable bonds is 3. The Kier molecular flexibility index (Phi) is 3.31. The number of halogens is 1. The monoisotopic (exact) mass is 295 g/mol. The Morgan fingerprint density at radius 1 is 1.41 bits per heavy atom. The van der Waals surface area contributed by atoms with Gasteiger partial charge in [-0.1, -0.05) is 27.2 Å². The molecule has 1 N–H and O–H groups in total. The molecule has 0 atom stereocenters. The van der Waals surface area contributed by atoms with Gasteiger partial charge in [0.25, 0.3) is 0 Å². The van der Waals surface area contributed by atoms with Crippen LogP contribution in [0.3, 0.4) is 0 Å².